The Kier molecular flexibility index (Phi) is 4.82. The second-order valence-corrected chi connectivity index (χ2v) is 3.22. The molecule has 0 fully saturated rings. The molecule has 4 heteroatoms. The summed E-state index contributed by atoms with van der Waals surface area (Å²) in [7, 11) is 3.14. The van der Waals surface area contributed by atoms with Gasteiger partial charge in [0.2, 0.25) is 0 Å². The number of hydrogen-bond donors (Lipinski definition) is 2. The van der Waals surface area contributed by atoms with E-state index in [1.807, 2.05) is 6.07 Å². The molecule has 0 aliphatic carbocycles. The van der Waals surface area contributed by atoms with Crippen LogP contribution in [0.4, 0.5) is 0 Å². The zero-order valence-corrected chi connectivity index (χ0v) is 9.38. The van der Waals surface area contributed by atoms with Crippen LogP contribution in [0, 0.1) is 0 Å². The highest BCUT2D eigenvalue weighted by atomic mass is 16.5. The molecule has 88 valence electrons. The maximum atomic E-state index is 9.15. The molecule has 0 bridgehead atoms. The van der Waals surface area contributed by atoms with Crippen molar-refractivity contribution >= 4 is 6.08 Å². The van der Waals surface area contributed by atoms with Crippen molar-refractivity contribution in [2.45, 2.75) is 6.10 Å². The van der Waals surface area contributed by atoms with Gasteiger partial charge in [-0.25, -0.2) is 0 Å². The summed E-state index contributed by atoms with van der Waals surface area (Å²) in [5.41, 5.74) is 0.866. The van der Waals surface area contributed by atoms with E-state index < -0.39 is 6.10 Å². The van der Waals surface area contributed by atoms with Crippen molar-refractivity contribution in [3.63, 3.8) is 0 Å². The maximum Gasteiger partial charge on any atom is 0.161 e. The van der Waals surface area contributed by atoms with Crippen molar-refractivity contribution in [2.24, 2.45) is 0 Å². The number of rotatable bonds is 5. The summed E-state index contributed by atoms with van der Waals surface area (Å²) < 4.78 is 10.2. The third-order valence-corrected chi connectivity index (χ3v) is 2.11. The standard InChI is InChI=1S/C12H16O4/c1-15-11-6-4-9(7-12(11)16-2)3-5-10(14)8-13/h3-7,10,13-14H,8H2,1-2H3/b5-3+/t10-/m1/s1. The molecule has 1 atom stereocenters. The van der Waals surface area contributed by atoms with Gasteiger partial charge in [-0.1, -0.05) is 18.2 Å². The zero-order valence-electron chi connectivity index (χ0n) is 9.38. The second-order valence-electron chi connectivity index (χ2n) is 3.22. The highest BCUT2D eigenvalue weighted by molar-refractivity contribution is 5.56. The molecular formula is C12H16O4. The second kappa shape index (κ2) is 6.15. The number of ether oxygens (including phenoxy) is 2. The van der Waals surface area contributed by atoms with Gasteiger partial charge in [-0.3, -0.25) is 0 Å². The summed E-state index contributed by atoms with van der Waals surface area (Å²) in [6, 6.07) is 5.41. The minimum atomic E-state index is -0.840. The summed E-state index contributed by atoms with van der Waals surface area (Å²) in [5, 5.41) is 17.8. The van der Waals surface area contributed by atoms with Crippen molar-refractivity contribution in [1.29, 1.82) is 0 Å². The fourth-order valence-electron chi connectivity index (χ4n) is 1.24. The summed E-state index contributed by atoms with van der Waals surface area (Å²) in [5.74, 6) is 1.28. The van der Waals surface area contributed by atoms with Crippen LogP contribution < -0.4 is 9.47 Å². The van der Waals surface area contributed by atoms with E-state index in [-0.39, 0.29) is 6.61 Å². The molecule has 0 radical (unpaired) electrons. The lowest BCUT2D eigenvalue weighted by Gasteiger charge is -2.07. The average molecular weight is 224 g/mol. The molecule has 4 nitrogen and oxygen atoms in total. The normalized spacial score (nSPS) is 12.8. The Morgan fingerprint density at radius 2 is 1.94 bits per heavy atom. The topological polar surface area (TPSA) is 58.9 Å². The first-order valence-electron chi connectivity index (χ1n) is 4.90. The van der Waals surface area contributed by atoms with Gasteiger partial charge in [0.15, 0.2) is 11.5 Å². The first kappa shape index (κ1) is 12.5. The summed E-state index contributed by atoms with van der Waals surface area (Å²) >= 11 is 0. The van der Waals surface area contributed by atoms with Gasteiger partial charge in [0, 0.05) is 0 Å². The monoisotopic (exact) mass is 224 g/mol. The lowest BCUT2D eigenvalue weighted by molar-refractivity contribution is 0.131. The first-order chi connectivity index (χ1) is 7.71. The van der Waals surface area contributed by atoms with E-state index in [0.29, 0.717) is 11.5 Å². The summed E-state index contributed by atoms with van der Waals surface area (Å²) in [6.07, 6.45) is 2.39. The minimum Gasteiger partial charge on any atom is -0.493 e. The van der Waals surface area contributed by atoms with Crippen LogP contribution in [-0.4, -0.2) is 37.1 Å². The Balaban J connectivity index is 2.86. The molecule has 16 heavy (non-hydrogen) atoms. The van der Waals surface area contributed by atoms with E-state index in [4.69, 9.17) is 19.7 Å². The van der Waals surface area contributed by atoms with E-state index >= 15 is 0 Å². The van der Waals surface area contributed by atoms with E-state index in [1.54, 1.807) is 32.4 Å². The van der Waals surface area contributed by atoms with E-state index in [0.717, 1.165) is 5.56 Å². The fraction of sp³-hybridized carbons (Fsp3) is 0.333. The smallest absolute Gasteiger partial charge is 0.161 e. The Hall–Kier alpha value is -1.52. The Labute approximate surface area is 94.7 Å². The van der Waals surface area contributed by atoms with Crippen molar-refractivity contribution in [1.82, 2.24) is 0 Å². The van der Waals surface area contributed by atoms with Crippen LogP contribution in [0.1, 0.15) is 5.56 Å². The van der Waals surface area contributed by atoms with Crippen LogP contribution >= 0.6 is 0 Å². The average Bonchev–Trinajstić information content (AvgIpc) is 2.35. The SMILES string of the molecule is COc1ccc(/C=C/[C@@H](O)CO)cc1OC. The first-order valence-corrected chi connectivity index (χ1v) is 4.90. The van der Waals surface area contributed by atoms with Gasteiger partial charge >= 0.3 is 0 Å². The third kappa shape index (κ3) is 3.25. The fourth-order valence-corrected chi connectivity index (χ4v) is 1.24. The molecule has 0 heterocycles. The van der Waals surface area contributed by atoms with E-state index in [1.165, 1.54) is 6.08 Å². The van der Waals surface area contributed by atoms with Gasteiger partial charge in [0.25, 0.3) is 0 Å². The lowest BCUT2D eigenvalue weighted by Crippen LogP contribution is -2.06. The molecule has 0 saturated carbocycles. The van der Waals surface area contributed by atoms with Crippen molar-refractivity contribution in [3.05, 3.63) is 29.8 Å². The van der Waals surface area contributed by atoms with Gasteiger partial charge in [-0.15, -0.1) is 0 Å². The zero-order chi connectivity index (χ0) is 12.0. The van der Waals surface area contributed by atoms with Crippen LogP contribution in [0.25, 0.3) is 6.08 Å². The van der Waals surface area contributed by atoms with E-state index in [2.05, 4.69) is 0 Å². The minimum absolute atomic E-state index is 0.288. The summed E-state index contributed by atoms with van der Waals surface area (Å²) in [6.45, 7) is -0.288. The Morgan fingerprint density at radius 1 is 1.25 bits per heavy atom. The Bertz CT molecular complexity index is 360. The number of hydrogen-bond acceptors (Lipinski definition) is 4. The van der Waals surface area contributed by atoms with Gasteiger partial charge in [0.1, 0.15) is 0 Å². The number of methoxy groups -OCH3 is 2. The Morgan fingerprint density at radius 3 is 2.50 bits per heavy atom. The van der Waals surface area contributed by atoms with Crippen molar-refractivity contribution in [2.75, 3.05) is 20.8 Å². The molecule has 0 aliphatic heterocycles. The quantitative estimate of drug-likeness (QED) is 0.785. The molecular weight excluding hydrogens is 208 g/mol. The molecule has 0 saturated heterocycles. The third-order valence-electron chi connectivity index (χ3n) is 2.11. The van der Waals surface area contributed by atoms with Gasteiger partial charge < -0.3 is 19.7 Å². The number of aliphatic hydroxyl groups excluding tert-OH is 2. The molecule has 2 N–H and O–H groups in total. The predicted octanol–water partition coefficient (Wildman–Crippen LogP) is 1.07. The molecule has 1 aromatic rings. The van der Waals surface area contributed by atoms with Crippen LogP contribution in [-0.2, 0) is 0 Å². The van der Waals surface area contributed by atoms with Crippen molar-refractivity contribution in [3.8, 4) is 11.5 Å². The van der Waals surface area contributed by atoms with Crippen molar-refractivity contribution < 1.29 is 19.7 Å². The van der Waals surface area contributed by atoms with Crippen LogP contribution in [0.2, 0.25) is 0 Å². The summed E-state index contributed by atoms with van der Waals surface area (Å²) in [4.78, 5) is 0. The number of benzene rings is 1. The predicted molar refractivity (Wildman–Crippen MR) is 61.7 cm³/mol. The molecule has 0 amide bonds. The molecule has 1 rings (SSSR count). The van der Waals surface area contributed by atoms with E-state index in [9.17, 15) is 0 Å². The molecule has 0 aromatic heterocycles. The lowest BCUT2D eigenvalue weighted by atomic mass is 10.1. The number of aliphatic hydroxyl groups is 2. The molecule has 0 spiro atoms. The highest BCUT2D eigenvalue weighted by Crippen LogP contribution is 2.27. The van der Waals surface area contributed by atoms with Gasteiger partial charge in [0.05, 0.1) is 26.9 Å². The van der Waals surface area contributed by atoms with Crippen LogP contribution in [0.15, 0.2) is 24.3 Å². The van der Waals surface area contributed by atoms with Crippen LogP contribution in [0.3, 0.4) is 0 Å². The van der Waals surface area contributed by atoms with Gasteiger partial charge in [-0.05, 0) is 17.7 Å². The highest BCUT2D eigenvalue weighted by Gasteiger charge is 2.03. The largest absolute Gasteiger partial charge is 0.493 e. The molecule has 0 unspecified atom stereocenters. The molecule has 0 aliphatic rings. The van der Waals surface area contributed by atoms with Crippen LogP contribution in [0.5, 0.6) is 11.5 Å². The molecule has 1 aromatic carbocycles. The van der Waals surface area contributed by atoms with Gasteiger partial charge in [-0.2, -0.15) is 0 Å². The maximum absolute atomic E-state index is 9.15.